The summed E-state index contributed by atoms with van der Waals surface area (Å²) >= 11 is 6.12. The maximum absolute atomic E-state index is 13.0. The fourth-order valence-corrected chi connectivity index (χ4v) is 5.66. The monoisotopic (exact) mass is 471 g/mol. The normalized spacial score (nSPS) is 14.8. The van der Waals surface area contributed by atoms with Crippen molar-refractivity contribution < 1.29 is 17.3 Å². The van der Waals surface area contributed by atoms with Crippen LogP contribution in [0.15, 0.2) is 71.6 Å². The molecule has 0 atom stereocenters. The molecule has 7 heteroatoms. The predicted octanol–water partition coefficient (Wildman–Crippen LogP) is 5.17. The highest BCUT2D eigenvalue weighted by atomic mass is 35.5. The van der Waals surface area contributed by atoms with E-state index in [-0.39, 0.29) is 21.6 Å². The first kappa shape index (κ1) is 22.6. The van der Waals surface area contributed by atoms with E-state index in [1.165, 1.54) is 17.7 Å². The summed E-state index contributed by atoms with van der Waals surface area (Å²) in [7, 11) is -2.56. The molecule has 4 rings (SSSR count). The van der Waals surface area contributed by atoms with Crippen molar-refractivity contribution in [1.82, 2.24) is 5.32 Å². The zero-order valence-electron chi connectivity index (χ0n) is 17.9. The van der Waals surface area contributed by atoms with Crippen molar-refractivity contribution in [2.24, 2.45) is 0 Å². The molecule has 0 unspecified atom stereocenters. The molecule has 0 aliphatic carbocycles. The topological polar surface area (TPSA) is 64.6 Å². The number of piperidine rings is 1. The van der Waals surface area contributed by atoms with Gasteiger partial charge in [0.2, 0.25) is 0 Å². The van der Waals surface area contributed by atoms with Gasteiger partial charge in [-0.3, -0.25) is 0 Å². The maximum atomic E-state index is 13.0. The molecule has 3 aromatic rings. The van der Waals surface area contributed by atoms with Gasteiger partial charge in [-0.1, -0.05) is 60.1 Å². The summed E-state index contributed by atoms with van der Waals surface area (Å²) in [5.41, 5.74) is 3.31. The third kappa shape index (κ3) is 4.93. The van der Waals surface area contributed by atoms with Gasteiger partial charge in [0.25, 0.3) is 0 Å². The number of nitrogens with one attached hydrogen (secondary N) is 1. The van der Waals surface area contributed by atoms with Crippen LogP contribution in [0.4, 0.5) is 0 Å². The lowest BCUT2D eigenvalue weighted by atomic mass is 9.84. The molecule has 0 amide bonds. The van der Waals surface area contributed by atoms with E-state index in [9.17, 15) is 8.42 Å². The fourth-order valence-electron chi connectivity index (χ4n) is 4.24. The predicted molar refractivity (Wildman–Crippen MR) is 126 cm³/mol. The van der Waals surface area contributed by atoms with Crippen LogP contribution in [0.1, 0.15) is 35.4 Å². The molecule has 1 aliphatic rings. The van der Waals surface area contributed by atoms with Gasteiger partial charge >= 0.3 is 10.1 Å². The van der Waals surface area contributed by atoms with Gasteiger partial charge in [-0.25, -0.2) is 0 Å². The molecule has 3 aromatic carbocycles. The second kappa shape index (κ2) is 9.94. The van der Waals surface area contributed by atoms with E-state index < -0.39 is 10.1 Å². The zero-order chi connectivity index (χ0) is 22.6. The molecule has 1 saturated heterocycles. The molecule has 0 saturated carbocycles. The molecule has 0 radical (unpaired) electrons. The van der Waals surface area contributed by atoms with Gasteiger partial charge in [0.15, 0.2) is 11.5 Å². The van der Waals surface area contributed by atoms with Crippen molar-refractivity contribution in [2.45, 2.75) is 30.1 Å². The minimum absolute atomic E-state index is 0.0690. The summed E-state index contributed by atoms with van der Waals surface area (Å²) in [4.78, 5) is -0.0690. The van der Waals surface area contributed by atoms with Gasteiger partial charge in [0.1, 0.15) is 4.90 Å². The van der Waals surface area contributed by atoms with Crippen molar-refractivity contribution in [1.29, 1.82) is 0 Å². The Kier molecular flexibility index (Phi) is 7.04. The van der Waals surface area contributed by atoms with Crippen LogP contribution in [0.2, 0.25) is 5.02 Å². The second-order valence-corrected chi connectivity index (χ2v) is 9.75. The molecule has 0 aromatic heterocycles. The minimum atomic E-state index is -4.12. The third-order valence-corrected chi connectivity index (χ3v) is 7.48. The van der Waals surface area contributed by atoms with E-state index in [0.717, 1.165) is 43.5 Å². The summed E-state index contributed by atoms with van der Waals surface area (Å²) in [5, 5.41) is 3.51. The smallest absolute Gasteiger partial charge is 0.340 e. The lowest BCUT2D eigenvalue weighted by molar-refractivity contribution is 0.371. The molecule has 1 N–H and O–H groups in total. The maximum Gasteiger partial charge on any atom is 0.340 e. The van der Waals surface area contributed by atoms with Crippen LogP contribution < -0.4 is 14.2 Å². The van der Waals surface area contributed by atoms with E-state index in [1.807, 2.05) is 24.3 Å². The quantitative estimate of drug-likeness (QED) is 0.481. The van der Waals surface area contributed by atoms with Crippen molar-refractivity contribution in [2.75, 3.05) is 20.2 Å². The van der Waals surface area contributed by atoms with E-state index in [1.54, 1.807) is 25.3 Å². The largest absolute Gasteiger partial charge is 0.492 e. The van der Waals surface area contributed by atoms with Crippen LogP contribution in [0, 0.1) is 0 Å². The molecular weight excluding hydrogens is 446 g/mol. The second-order valence-electron chi connectivity index (χ2n) is 7.82. The molecule has 168 valence electrons. The number of halogens is 1. The molecule has 1 heterocycles. The average molecular weight is 472 g/mol. The summed E-state index contributed by atoms with van der Waals surface area (Å²) in [6.45, 7) is 1.81. The Morgan fingerprint density at radius 2 is 1.66 bits per heavy atom. The fraction of sp³-hybridized carbons (Fsp3) is 0.280. The highest BCUT2D eigenvalue weighted by Gasteiger charge is 2.28. The molecule has 5 nitrogen and oxygen atoms in total. The van der Waals surface area contributed by atoms with E-state index in [2.05, 4.69) is 17.4 Å². The standard InChI is InChI=1S/C25H26ClNO4S/c1-30-25-22(31-32(28,29)23-10-6-5-9-21(23)26)12-11-20(17-18-7-3-2-4-8-18)24(25)19-13-15-27-16-14-19/h2-12,19,27H,13-17H2,1H3. The Bertz CT molecular complexity index is 1180. The zero-order valence-corrected chi connectivity index (χ0v) is 19.5. The van der Waals surface area contributed by atoms with Gasteiger partial charge in [-0.2, -0.15) is 8.42 Å². The summed E-state index contributed by atoms with van der Waals surface area (Å²) in [6, 6.07) is 20.1. The minimum Gasteiger partial charge on any atom is -0.492 e. The highest BCUT2D eigenvalue weighted by Crippen LogP contribution is 2.43. The molecule has 0 spiro atoms. The lowest BCUT2D eigenvalue weighted by Crippen LogP contribution is -2.27. The Morgan fingerprint density at radius 3 is 2.34 bits per heavy atom. The Morgan fingerprint density at radius 1 is 0.969 bits per heavy atom. The molecule has 0 bridgehead atoms. The van der Waals surface area contributed by atoms with Crippen molar-refractivity contribution in [3.05, 3.63) is 88.4 Å². The average Bonchev–Trinajstić information content (AvgIpc) is 2.81. The van der Waals surface area contributed by atoms with Gasteiger partial charge in [0, 0.05) is 5.56 Å². The van der Waals surface area contributed by atoms with Crippen molar-refractivity contribution in [3.63, 3.8) is 0 Å². The Labute approximate surface area is 194 Å². The highest BCUT2D eigenvalue weighted by molar-refractivity contribution is 7.87. The molecule has 32 heavy (non-hydrogen) atoms. The Balaban J connectivity index is 1.77. The van der Waals surface area contributed by atoms with Crippen LogP contribution in [-0.4, -0.2) is 28.6 Å². The third-order valence-electron chi connectivity index (χ3n) is 5.74. The van der Waals surface area contributed by atoms with Gasteiger partial charge < -0.3 is 14.2 Å². The van der Waals surface area contributed by atoms with E-state index in [0.29, 0.717) is 5.75 Å². The van der Waals surface area contributed by atoms with Crippen LogP contribution in [0.3, 0.4) is 0 Å². The van der Waals surface area contributed by atoms with Gasteiger partial charge in [0.05, 0.1) is 12.1 Å². The van der Waals surface area contributed by atoms with Gasteiger partial charge in [-0.05, 0) is 67.6 Å². The van der Waals surface area contributed by atoms with Crippen molar-refractivity contribution >= 4 is 21.7 Å². The first-order valence-corrected chi connectivity index (χ1v) is 12.4. The molecule has 1 aliphatic heterocycles. The molecule has 1 fully saturated rings. The number of methoxy groups -OCH3 is 1. The van der Waals surface area contributed by atoms with Crippen molar-refractivity contribution in [3.8, 4) is 11.5 Å². The summed E-state index contributed by atoms with van der Waals surface area (Å²) < 4.78 is 37.3. The SMILES string of the molecule is COc1c(OS(=O)(=O)c2ccccc2Cl)ccc(Cc2ccccc2)c1C1CCNCC1. The van der Waals surface area contributed by atoms with Gasteiger partial charge in [-0.15, -0.1) is 0 Å². The first-order valence-electron chi connectivity index (χ1n) is 10.6. The van der Waals surface area contributed by atoms with Crippen LogP contribution >= 0.6 is 11.6 Å². The van der Waals surface area contributed by atoms with Crippen LogP contribution in [-0.2, 0) is 16.5 Å². The number of rotatable bonds is 7. The molecular formula is C25H26ClNO4S. The number of ether oxygens (including phenoxy) is 1. The first-order chi connectivity index (χ1) is 15.5. The number of benzene rings is 3. The summed E-state index contributed by atoms with van der Waals surface area (Å²) in [6.07, 6.45) is 2.62. The Hall–Kier alpha value is -2.54. The van der Waals surface area contributed by atoms with Crippen LogP contribution in [0.25, 0.3) is 0 Å². The number of hydrogen-bond acceptors (Lipinski definition) is 5. The number of hydrogen-bond donors (Lipinski definition) is 1. The van der Waals surface area contributed by atoms with E-state index in [4.69, 9.17) is 20.5 Å². The lowest BCUT2D eigenvalue weighted by Gasteiger charge is -2.28. The van der Waals surface area contributed by atoms with E-state index >= 15 is 0 Å². The van der Waals surface area contributed by atoms with Crippen LogP contribution in [0.5, 0.6) is 11.5 Å². The summed E-state index contributed by atoms with van der Waals surface area (Å²) in [5.74, 6) is 0.898.